The van der Waals surface area contributed by atoms with Crippen LogP contribution >= 0.6 is 0 Å². The molecular formula is C30H35N3O5S. The van der Waals surface area contributed by atoms with Gasteiger partial charge in [-0.1, -0.05) is 78.9 Å². The molecule has 0 unspecified atom stereocenters. The lowest BCUT2D eigenvalue weighted by Crippen LogP contribution is -2.50. The zero-order valence-electron chi connectivity index (χ0n) is 22.4. The number of nitrogens with zero attached hydrogens (tertiary/aromatic N) is 1. The fourth-order valence-electron chi connectivity index (χ4n) is 4.67. The Bertz CT molecular complexity index is 1360. The molecule has 39 heavy (non-hydrogen) atoms. The number of nitrogens with one attached hydrogen (secondary N) is 2. The van der Waals surface area contributed by atoms with Crippen LogP contribution in [0, 0.1) is 0 Å². The van der Waals surface area contributed by atoms with E-state index in [0.717, 1.165) is 5.56 Å². The fraction of sp³-hybridized carbons (Fsp3) is 0.333. The van der Waals surface area contributed by atoms with E-state index in [2.05, 4.69) is 10.0 Å². The lowest BCUT2D eigenvalue weighted by Gasteiger charge is -2.32. The summed E-state index contributed by atoms with van der Waals surface area (Å²) in [5.41, 5.74) is 0.709. The first kappa shape index (κ1) is 28.3. The van der Waals surface area contributed by atoms with Gasteiger partial charge in [0, 0.05) is 6.54 Å². The molecule has 206 valence electrons. The number of carbonyl (C=O) groups is 2. The maximum atomic E-state index is 13.7. The van der Waals surface area contributed by atoms with Crippen LogP contribution in [0.15, 0.2) is 95.9 Å². The van der Waals surface area contributed by atoms with E-state index in [9.17, 15) is 18.0 Å². The van der Waals surface area contributed by atoms with Crippen molar-refractivity contribution in [2.24, 2.45) is 0 Å². The van der Waals surface area contributed by atoms with E-state index >= 15 is 0 Å². The highest BCUT2D eigenvalue weighted by Gasteiger charge is 2.39. The molecule has 0 aliphatic carbocycles. The molecule has 1 aliphatic heterocycles. The summed E-state index contributed by atoms with van der Waals surface area (Å²) in [7, 11) is -3.95. The molecule has 0 spiro atoms. The quantitative estimate of drug-likeness (QED) is 0.413. The van der Waals surface area contributed by atoms with Crippen LogP contribution in [-0.4, -0.2) is 43.5 Å². The van der Waals surface area contributed by atoms with Gasteiger partial charge in [0.15, 0.2) is 0 Å². The summed E-state index contributed by atoms with van der Waals surface area (Å²) >= 11 is 0. The highest BCUT2D eigenvalue weighted by Crippen LogP contribution is 2.32. The predicted octanol–water partition coefficient (Wildman–Crippen LogP) is 4.96. The zero-order valence-corrected chi connectivity index (χ0v) is 23.2. The van der Waals surface area contributed by atoms with E-state index < -0.39 is 39.8 Å². The van der Waals surface area contributed by atoms with Gasteiger partial charge in [-0.15, -0.1) is 0 Å². The molecule has 1 heterocycles. The molecule has 3 aromatic rings. The van der Waals surface area contributed by atoms with Crippen LogP contribution in [-0.2, 0) is 19.6 Å². The Morgan fingerprint density at radius 3 is 1.90 bits per heavy atom. The van der Waals surface area contributed by atoms with E-state index in [-0.39, 0.29) is 10.8 Å². The van der Waals surface area contributed by atoms with Gasteiger partial charge in [-0.05, 0) is 56.9 Å². The Morgan fingerprint density at radius 1 is 0.846 bits per heavy atom. The largest absolute Gasteiger partial charge is 0.444 e. The van der Waals surface area contributed by atoms with Crippen molar-refractivity contribution in [3.8, 4) is 0 Å². The van der Waals surface area contributed by atoms with Crippen LogP contribution in [0.25, 0.3) is 0 Å². The third kappa shape index (κ3) is 7.25. The molecule has 1 aliphatic rings. The van der Waals surface area contributed by atoms with Crippen LogP contribution in [0.5, 0.6) is 0 Å². The highest BCUT2D eigenvalue weighted by molar-refractivity contribution is 7.89. The topological polar surface area (TPSA) is 105 Å². The summed E-state index contributed by atoms with van der Waals surface area (Å²) in [5, 5.41) is 3.08. The Kier molecular flexibility index (Phi) is 8.72. The summed E-state index contributed by atoms with van der Waals surface area (Å²) in [4.78, 5) is 28.2. The van der Waals surface area contributed by atoms with Gasteiger partial charge in [0.1, 0.15) is 11.6 Å². The van der Waals surface area contributed by atoms with Crippen molar-refractivity contribution in [1.29, 1.82) is 0 Å². The molecule has 2 N–H and O–H groups in total. The van der Waals surface area contributed by atoms with Gasteiger partial charge < -0.3 is 10.1 Å². The minimum atomic E-state index is -3.95. The van der Waals surface area contributed by atoms with Gasteiger partial charge in [-0.25, -0.2) is 17.9 Å². The molecule has 3 atom stereocenters. The second-order valence-corrected chi connectivity index (χ2v) is 12.3. The smallest absolute Gasteiger partial charge is 0.410 e. The van der Waals surface area contributed by atoms with Crippen LogP contribution in [0.3, 0.4) is 0 Å². The minimum absolute atomic E-state index is 0.121. The number of amides is 2. The molecule has 9 heteroatoms. The van der Waals surface area contributed by atoms with E-state index in [1.54, 1.807) is 39.0 Å². The number of hydrogen-bond acceptors (Lipinski definition) is 5. The average molecular weight is 550 g/mol. The van der Waals surface area contributed by atoms with Gasteiger partial charge in [0.2, 0.25) is 15.9 Å². The van der Waals surface area contributed by atoms with Crippen LogP contribution in [0.1, 0.15) is 56.8 Å². The van der Waals surface area contributed by atoms with Crippen molar-refractivity contribution in [3.05, 3.63) is 102 Å². The molecule has 0 radical (unpaired) electrons. The minimum Gasteiger partial charge on any atom is -0.444 e. The maximum Gasteiger partial charge on any atom is 0.410 e. The molecule has 3 aromatic carbocycles. The van der Waals surface area contributed by atoms with Gasteiger partial charge in [0.05, 0.1) is 17.0 Å². The number of rotatable bonds is 8. The third-order valence-corrected chi connectivity index (χ3v) is 7.92. The number of carbonyl (C=O) groups excluding carboxylic acids is 2. The second kappa shape index (κ2) is 12.0. The van der Waals surface area contributed by atoms with E-state index in [1.807, 2.05) is 60.7 Å². The van der Waals surface area contributed by atoms with Crippen molar-refractivity contribution < 1.29 is 22.7 Å². The third-order valence-electron chi connectivity index (χ3n) is 6.47. The first-order chi connectivity index (χ1) is 18.5. The standard InChI is InChI=1S/C30H35N3O5S/c1-30(2,3)38-29(35)33-21-13-20-25(33)28(34)31-26(22-14-7-4-8-15-22)27(23-16-9-5-10-17-23)32-39(36,37)24-18-11-6-12-19-24/h4-12,14-19,25-27,32H,13,20-21H2,1-3H3,(H,31,34)/t25-,26-,27-/m0/s1. The van der Waals surface area contributed by atoms with Gasteiger partial charge in [0.25, 0.3) is 0 Å². The van der Waals surface area contributed by atoms with Gasteiger partial charge >= 0.3 is 6.09 Å². The van der Waals surface area contributed by atoms with Crippen molar-refractivity contribution >= 4 is 22.0 Å². The molecule has 0 bridgehead atoms. The van der Waals surface area contributed by atoms with Crippen molar-refractivity contribution in [1.82, 2.24) is 14.9 Å². The van der Waals surface area contributed by atoms with E-state index in [0.29, 0.717) is 24.9 Å². The first-order valence-corrected chi connectivity index (χ1v) is 14.5. The van der Waals surface area contributed by atoms with E-state index in [4.69, 9.17) is 4.74 Å². The molecule has 1 fully saturated rings. The molecule has 2 amide bonds. The Balaban J connectivity index is 1.69. The molecular weight excluding hydrogens is 514 g/mol. The molecule has 0 saturated carbocycles. The number of hydrogen-bond donors (Lipinski definition) is 2. The van der Waals surface area contributed by atoms with Gasteiger partial charge in [-0.2, -0.15) is 0 Å². The predicted molar refractivity (Wildman–Crippen MR) is 149 cm³/mol. The van der Waals surface area contributed by atoms with E-state index in [1.165, 1.54) is 17.0 Å². The zero-order chi connectivity index (χ0) is 28.0. The summed E-state index contributed by atoms with van der Waals surface area (Å²) < 4.78 is 35.3. The van der Waals surface area contributed by atoms with Crippen molar-refractivity contribution in [2.45, 2.75) is 62.2 Å². The number of sulfonamides is 1. The highest BCUT2D eigenvalue weighted by atomic mass is 32.2. The lowest BCUT2D eigenvalue weighted by atomic mass is 9.93. The monoisotopic (exact) mass is 549 g/mol. The number of likely N-dealkylation sites (tertiary alicyclic amines) is 1. The molecule has 4 rings (SSSR count). The van der Waals surface area contributed by atoms with Crippen LogP contribution in [0.4, 0.5) is 4.79 Å². The Morgan fingerprint density at radius 2 is 1.36 bits per heavy atom. The average Bonchev–Trinajstić information content (AvgIpc) is 3.42. The molecule has 1 saturated heterocycles. The van der Waals surface area contributed by atoms with Crippen molar-refractivity contribution in [2.75, 3.05) is 6.54 Å². The summed E-state index contributed by atoms with van der Waals surface area (Å²) in [6.45, 7) is 5.76. The normalized spacial score (nSPS) is 17.3. The number of benzene rings is 3. The molecule has 0 aromatic heterocycles. The molecule has 8 nitrogen and oxygen atoms in total. The lowest BCUT2D eigenvalue weighted by molar-refractivity contribution is -0.126. The first-order valence-electron chi connectivity index (χ1n) is 13.0. The summed E-state index contributed by atoms with van der Waals surface area (Å²) in [5.74, 6) is -0.368. The van der Waals surface area contributed by atoms with Gasteiger partial charge in [-0.3, -0.25) is 9.69 Å². The van der Waals surface area contributed by atoms with Crippen LogP contribution < -0.4 is 10.0 Å². The summed E-state index contributed by atoms with van der Waals surface area (Å²) in [6, 6.07) is 24.2. The van der Waals surface area contributed by atoms with Crippen LogP contribution in [0.2, 0.25) is 0 Å². The Labute approximate surface area is 230 Å². The maximum absolute atomic E-state index is 13.7. The Hall–Kier alpha value is -3.69. The number of ether oxygens (including phenoxy) is 1. The fourth-order valence-corrected chi connectivity index (χ4v) is 5.93. The summed E-state index contributed by atoms with van der Waals surface area (Å²) in [6.07, 6.45) is 0.606. The SMILES string of the molecule is CC(C)(C)OC(=O)N1CCC[C@H]1C(=O)N[C@@H](c1ccccc1)[C@@H](NS(=O)(=O)c1ccccc1)c1ccccc1. The second-order valence-electron chi connectivity index (χ2n) is 10.6. The van der Waals surface area contributed by atoms with Crippen molar-refractivity contribution in [3.63, 3.8) is 0 Å².